The summed E-state index contributed by atoms with van der Waals surface area (Å²) in [6.07, 6.45) is 1.50. The molecule has 0 bridgehead atoms. The van der Waals surface area contributed by atoms with Gasteiger partial charge in [0.25, 0.3) is 0 Å². The maximum absolute atomic E-state index is 5.74. The second-order valence-electron chi connectivity index (χ2n) is 3.25. The average Bonchev–Trinajstić information content (AvgIpc) is 2.04. The van der Waals surface area contributed by atoms with E-state index in [0.717, 1.165) is 5.03 Å². The van der Waals surface area contributed by atoms with E-state index >= 15 is 0 Å². The van der Waals surface area contributed by atoms with Crippen LogP contribution >= 0.6 is 23.4 Å². The van der Waals surface area contributed by atoms with E-state index in [1.165, 1.54) is 6.33 Å². The van der Waals surface area contributed by atoms with Crippen LogP contribution in [-0.4, -0.2) is 15.2 Å². The lowest BCUT2D eigenvalue weighted by molar-refractivity contribution is 0.641. The Labute approximate surface area is 88.1 Å². The van der Waals surface area contributed by atoms with Gasteiger partial charge in [-0.1, -0.05) is 32.4 Å². The first kappa shape index (κ1) is 10.8. The summed E-state index contributed by atoms with van der Waals surface area (Å²) < 4.78 is 0. The van der Waals surface area contributed by atoms with Crippen LogP contribution in [0.25, 0.3) is 0 Å². The zero-order valence-corrected chi connectivity index (χ0v) is 9.56. The molecule has 0 fully saturated rings. The molecule has 2 nitrogen and oxygen atoms in total. The van der Waals surface area contributed by atoms with Crippen molar-refractivity contribution < 1.29 is 0 Å². The summed E-state index contributed by atoms with van der Waals surface area (Å²) in [6, 6.07) is 1.80. The number of aromatic nitrogens is 2. The third-order valence-electron chi connectivity index (χ3n) is 1.85. The number of hydrogen-bond donors (Lipinski definition) is 0. The van der Waals surface area contributed by atoms with Crippen molar-refractivity contribution in [1.29, 1.82) is 0 Å². The Hall–Kier alpha value is -0.280. The van der Waals surface area contributed by atoms with Crippen molar-refractivity contribution in [1.82, 2.24) is 9.97 Å². The van der Waals surface area contributed by atoms with E-state index in [4.69, 9.17) is 11.6 Å². The normalized spacial score (nSPS) is 13.3. The first-order chi connectivity index (χ1) is 6.09. The first-order valence-corrected chi connectivity index (χ1v) is 5.49. The Morgan fingerprint density at radius 1 is 1.31 bits per heavy atom. The van der Waals surface area contributed by atoms with E-state index in [2.05, 4.69) is 30.7 Å². The summed E-state index contributed by atoms with van der Waals surface area (Å²) in [4.78, 5) is 7.96. The Morgan fingerprint density at radius 3 is 2.54 bits per heavy atom. The Bertz CT molecular complexity index is 278. The van der Waals surface area contributed by atoms with E-state index in [1.807, 2.05) is 0 Å². The molecule has 0 aromatic carbocycles. The highest BCUT2D eigenvalue weighted by Crippen LogP contribution is 2.26. The number of hydrogen-bond acceptors (Lipinski definition) is 3. The van der Waals surface area contributed by atoms with Crippen LogP contribution in [0.5, 0.6) is 0 Å². The lowest BCUT2D eigenvalue weighted by Gasteiger charge is -2.13. The van der Waals surface area contributed by atoms with Crippen molar-refractivity contribution in [2.24, 2.45) is 5.92 Å². The second kappa shape index (κ2) is 4.82. The molecule has 1 aromatic rings. The summed E-state index contributed by atoms with van der Waals surface area (Å²) in [6.45, 7) is 6.58. The van der Waals surface area contributed by atoms with Crippen molar-refractivity contribution >= 4 is 23.4 Å². The lowest BCUT2D eigenvalue weighted by atomic mass is 10.2. The molecule has 1 aromatic heterocycles. The molecule has 1 unspecified atom stereocenters. The Balaban J connectivity index is 2.64. The third kappa shape index (κ3) is 3.53. The van der Waals surface area contributed by atoms with E-state index in [9.17, 15) is 0 Å². The predicted molar refractivity (Wildman–Crippen MR) is 57.2 cm³/mol. The quantitative estimate of drug-likeness (QED) is 0.573. The fourth-order valence-electron chi connectivity index (χ4n) is 0.708. The van der Waals surface area contributed by atoms with Crippen molar-refractivity contribution in [3.8, 4) is 0 Å². The minimum atomic E-state index is 0.508. The first-order valence-electron chi connectivity index (χ1n) is 4.24. The van der Waals surface area contributed by atoms with Crippen LogP contribution in [0.4, 0.5) is 0 Å². The zero-order chi connectivity index (χ0) is 9.84. The molecule has 72 valence electrons. The van der Waals surface area contributed by atoms with E-state index < -0.39 is 0 Å². The minimum Gasteiger partial charge on any atom is -0.230 e. The van der Waals surface area contributed by atoms with Gasteiger partial charge in [0.15, 0.2) is 0 Å². The van der Waals surface area contributed by atoms with Gasteiger partial charge in [-0.15, -0.1) is 11.8 Å². The van der Waals surface area contributed by atoms with Crippen LogP contribution in [0.3, 0.4) is 0 Å². The van der Waals surface area contributed by atoms with Crippen LogP contribution in [0, 0.1) is 5.92 Å². The third-order valence-corrected chi connectivity index (χ3v) is 3.44. The summed E-state index contributed by atoms with van der Waals surface area (Å²) in [5, 5.41) is 2.00. The number of rotatable bonds is 3. The van der Waals surface area contributed by atoms with Crippen molar-refractivity contribution in [2.75, 3.05) is 0 Å². The summed E-state index contributed by atoms with van der Waals surface area (Å²) in [5.41, 5.74) is 0. The van der Waals surface area contributed by atoms with Gasteiger partial charge in [0, 0.05) is 11.3 Å². The van der Waals surface area contributed by atoms with Crippen LogP contribution < -0.4 is 0 Å². The molecule has 1 atom stereocenters. The average molecular weight is 217 g/mol. The standard InChI is InChI=1S/C9H13ClN2S/c1-6(2)7(3)13-9-4-8(10)11-5-12-9/h4-7H,1-3H3. The fourth-order valence-corrected chi connectivity index (χ4v) is 1.86. The number of thioether (sulfide) groups is 1. The van der Waals surface area contributed by atoms with E-state index in [-0.39, 0.29) is 0 Å². The van der Waals surface area contributed by atoms with Crippen LogP contribution in [0.15, 0.2) is 17.4 Å². The molecular formula is C9H13ClN2S. The van der Waals surface area contributed by atoms with Gasteiger partial charge < -0.3 is 0 Å². The molecule has 0 radical (unpaired) electrons. The zero-order valence-electron chi connectivity index (χ0n) is 7.99. The number of halogens is 1. The molecule has 4 heteroatoms. The van der Waals surface area contributed by atoms with Crippen molar-refractivity contribution in [2.45, 2.75) is 31.0 Å². The highest BCUT2D eigenvalue weighted by atomic mass is 35.5. The summed E-state index contributed by atoms with van der Waals surface area (Å²) in [7, 11) is 0. The van der Waals surface area contributed by atoms with Crippen LogP contribution in [0.1, 0.15) is 20.8 Å². The molecule has 0 aliphatic heterocycles. The van der Waals surface area contributed by atoms with Gasteiger partial charge >= 0.3 is 0 Å². The highest BCUT2D eigenvalue weighted by molar-refractivity contribution is 7.99. The smallest absolute Gasteiger partial charge is 0.133 e. The molecule has 0 aliphatic carbocycles. The van der Waals surface area contributed by atoms with Gasteiger partial charge in [-0.3, -0.25) is 0 Å². The molecule has 0 aliphatic rings. The van der Waals surface area contributed by atoms with E-state index in [0.29, 0.717) is 16.3 Å². The van der Waals surface area contributed by atoms with E-state index in [1.54, 1.807) is 17.8 Å². The Morgan fingerprint density at radius 2 is 2.00 bits per heavy atom. The molecule has 0 N–H and O–H groups in total. The van der Waals surface area contributed by atoms with Gasteiger partial charge in [-0.05, 0) is 5.92 Å². The molecule has 13 heavy (non-hydrogen) atoms. The van der Waals surface area contributed by atoms with Gasteiger partial charge in [0.05, 0.1) is 0 Å². The number of nitrogens with zero attached hydrogens (tertiary/aromatic N) is 2. The SMILES string of the molecule is CC(C)C(C)Sc1cc(Cl)ncn1. The van der Waals surface area contributed by atoms with Gasteiger partial charge in [0.2, 0.25) is 0 Å². The Kier molecular flexibility index (Phi) is 4.00. The van der Waals surface area contributed by atoms with Crippen molar-refractivity contribution in [3.05, 3.63) is 17.5 Å². The lowest BCUT2D eigenvalue weighted by Crippen LogP contribution is -2.05. The molecule has 0 saturated heterocycles. The maximum atomic E-state index is 5.74. The predicted octanol–water partition coefficient (Wildman–Crippen LogP) is 3.27. The van der Waals surface area contributed by atoms with Crippen LogP contribution in [-0.2, 0) is 0 Å². The van der Waals surface area contributed by atoms with Gasteiger partial charge in [-0.2, -0.15) is 0 Å². The molecule has 1 heterocycles. The topological polar surface area (TPSA) is 25.8 Å². The van der Waals surface area contributed by atoms with Gasteiger partial charge in [0.1, 0.15) is 16.5 Å². The molecule has 1 rings (SSSR count). The largest absolute Gasteiger partial charge is 0.230 e. The molecule has 0 spiro atoms. The van der Waals surface area contributed by atoms with Crippen LogP contribution in [0.2, 0.25) is 5.15 Å². The molecule has 0 amide bonds. The minimum absolute atomic E-state index is 0.508. The fraction of sp³-hybridized carbons (Fsp3) is 0.556. The summed E-state index contributed by atoms with van der Waals surface area (Å²) in [5.74, 6) is 0.638. The molecular weight excluding hydrogens is 204 g/mol. The highest BCUT2D eigenvalue weighted by Gasteiger charge is 2.09. The maximum Gasteiger partial charge on any atom is 0.133 e. The van der Waals surface area contributed by atoms with Gasteiger partial charge in [-0.25, -0.2) is 9.97 Å². The van der Waals surface area contributed by atoms with Crippen molar-refractivity contribution in [3.63, 3.8) is 0 Å². The monoisotopic (exact) mass is 216 g/mol. The molecule has 0 saturated carbocycles. The summed E-state index contributed by atoms with van der Waals surface area (Å²) >= 11 is 7.47. The second-order valence-corrected chi connectivity index (χ2v) is 5.03.